The van der Waals surface area contributed by atoms with E-state index in [2.05, 4.69) is 15.5 Å². The first kappa shape index (κ1) is 31.4. The standard InChI is InChI=1S/C36H40F3N5O3/c1-2-47-30-5-3-4-26(18-30)27-15-28(17-29(16-27)36(37,38)39)34(46)44-10-8-43(9-11-44)32-7-6-31(41-42-32)33(45)40-22-35-19-23-12-24(20-35)14-25(13-23)21-35/h3-7,15-18,23-25H,2,8-14,19-22H2,1H3,(H,40,45). The van der Waals surface area contributed by atoms with E-state index in [1.54, 1.807) is 41.3 Å². The molecule has 8 nitrogen and oxygen atoms in total. The fraction of sp³-hybridized carbons (Fsp3) is 0.500. The van der Waals surface area contributed by atoms with Gasteiger partial charge in [0.1, 0.15) is 5.75 Å². The van der Waals surface area contributed by atoms with Crippen molar-refractivity contribution in [1.82, 2.24) is 20.4 Å². The van der Waals surface area contributed by atoms with Crippen molar-refractivity contribution in [2.75, 3.05) is 44.2 Å². The van der Waals surface area contributed by atoms with Crippen LogP contribution in [0.5, 0.6) is 5.75 Å². The van der Waals surface area contributed by atoms with Crippen LogP contribution in [0, 0.1) is 23.2 Å². The van der Waals surface area contributed by atoms with E-state index in [0.29, 0.717) is 62.0 Å². The number of carbonyl (C=O) groups is 2. The zero-order valence-electron chi connectivity index (χ0n) is 26.6. The van der Waals surface area contributed by atoms with E-state index < -0.39 is 17.6 Å². The second-order valence-corrected chi connectivity index (χ2v) is 13.9. The van der Waals surface area contributed by atoms with Crippen LogP contribution in [-0.4, -0.2) is 66.2 Å². The zero-order chi connectivity index (χ0) is 32.8. The molecule has 2 heterocycles. The van der Waals surface area contributed by atoms with Gasteiger partial charge in [-0.05, 0) is 122 Å². The molecule has 47 heavy (non-hydrogen) atoms. The third kappa shape index (κ3) is 6.67. The molecule has 5 aliphatic rings. The Kier molecular flexibility index (Phi) is 8.34. The van der Waals surface area contributed by atoms with Crippen LogP contribution in [-0.2, 0) is 6.18 Å². The third-order valence-electron chi connectivity index (χ3n) is 10.5. The van der Waals surface area contributed by atoms with E-state index in [0.717, 1.165) is 29.9 Å². The maximum atomic E-state index is 13.9. The number of amides is 2. The Morgan fingerprint density at radius 1 is 0.894 bits per heavy atom. The monoisotopic (exact) mass is 647 g/mol. The lowest BCUT2D eigenvalue weighted by Gasteiger charge is -2.56. The van der Waals surface area contributed by atoms with Gasteiger partial charge in [0.25, 0.3) is 11.8 Å². The van der Waals surface area contributed by atoms with E-state index in [9.17, 15) is 22.8 Å². The van der Waals surface area contributed by atoms with Crippen LogP contribution < -0.4 is 15.0 Å². The van der Waals surface area contributed by atoms with Crippen LogP contribution in [0.4, 0.5) is 19.0 Å². The highest BCUT2D eigenvalue weighted by molar-refractivity contribution is 5.96. The molecule has 11 heteroatoms. The number of hydrogen-bond donors (Lipinski definition) is 1. The smallest absolute Gasteiger partial charge is 0.416 e. The molecule has 1 aromatic heterocycles. The molecule has 1 aliphatic heterocycles. The summed E-state index contributed by atoms with van der Waals surface area (Å²) in [4.78, 5) is 30.0. The maximum Gasteiger partial charge on any atom is 0.416 e. The molecule has 8 rings (SSSR count). The SMILES string of the molecule is CCOc1cccc(-c2cc(C(=O)N3CCN(c4ccc(C(=O)NCC56CC7CC(CC(C7)C5)C6)nn4)CC3)cc(C(F)(F)F)c2)c1. The molecule has 4 aliphatic carbocycles. The van der Waals surface area contributed by atoms with E-state index in [-0.39, 0.29) is 22.6 Å². The molecule has 248 valence electrons. The second kappa shape index (κ2) is 12.5. The van der Waals surface area contributed by atoms with E-state index in [1.165, 1.54) is 44.6 Å². The number of rotatable bonds is 8. The number of halogens is 3. The highest BCUT2D eigenvalue weighted by atomic mass is 19.4. The average molecular weight is 648 g/mol. The number of hydrogen-bond acceptors (Lipinski definition) is 6. The summed E-state index contributed by atoms with van der Waals surface area (Å²) < 4.78 is 47.2. The number of benzene rings is 2. The number of piperazine rings is 1. The number of alkyl halides is 3. The van der Waals surface area contributed by atoms with Gasteiger partial charge in [-0.3, -0.25) is 9.59 Å². The number of ether oxygens (including phenoxy) is 1. The van der Waals surface area contributed by atoms with Crippen molar-refractivity contribution in [2.24, 2.45) is 23.2 Å². The second-order valence-electron chi connectivity index (χ2n) is 13.9. The van der Waals surface area contributed by atoms with E-state index in [4.69, 9.17) is 4.74 Å². The van der Waals surface area contributed by atoms with E-state index in [1.807, 2.05) is 11.8 Å². The first-order chi connectivity index (χ1) is 22.6. The van der Waals surface area contributed by atoms with Gasteiger partial charge in [-0.2, -0.15) is 13.2 Å². The van der Waals surface area contributed by atoms with Crippen LogP contribution in [0.15, 0.2) is 54.6 Å². The van der Waals surface area contributed by atoms with Crippen LogP contribution >= 0.6 is 0 Å². The lowest BCUT2D eigenvalue weighted by atomic mass is 9.49. The molecular formula is C36H40F3N5O3. The molecule has 1 N–H and O–H groups in total. The quantitative estimate of drug-likeness (QED) is 0.302. The molecule has 4 bridgehead atoms. The Morgan fingerprint density at radius 2 is 1.60 bits per heavy atom. The summed E-state index contributed by atoms with van der Waals surface area (Å²) in [5.74, 6) is 2.92. The Morgan fingerprint density at radius 3 is 2.21 bits per heavy atom. The molecule has 0 spiro atoms. The molecular weight excluding hydrogens is 607 g/mol. The summed E-state index contributed by atoms with van der Waals surface area (Å²) in [5.41, 5.74) is 0.438. The normalized spacial score (nSPS) is 25.1. The lowest BCUT2D eigenvalue weighted by molar-refractivity contribution is -0.137. The van der Waals surface area contributed by atoms with Crippen LogP contribution in [0.25, 0.3) is 11.1 Å². The summed E-state index contributed by atoms with van der Waals surface area (Å²) in [6, 6.07) is 13.8. The van der Waals surface area contributed by atoms with Crippen molar-refractivity contribution in [3.05, 3.63) is 71.4 Å². The Hall–Kier alpha value is -4.15. The van der Waals surface area contributed by atoms with Gasteiger partial charge < -0.3 is 19.9 Å². The topological polar surface area (TPSA) is 87.7 Å². The van der Waals surface area contributed by atoms with Gasteiger partial charge in [0, 0.05) is 38.3 Å². The Bertz CT molecular complexity index is 1600. The number of anilines is 1. The molecule has 2 aromatic carbocycles. The summed E-state index contributed by atoms with van der Waals surface area (Å²) in [6.45, 7) is 4.42. The van der Waals surface area contributed by atoms with Gasteiger partial charge in [0.05, 0.1) is 12.2 Å². The maximum absolute atomic E-state index is 13.9. The van der Waals surface area contributed by atoms with E-state index >= 15 is 0 Å². The minimum Gasteiger partial charge on any atom is -0.494 e. The summed E-state index contributed by atoms with van der Waals surface area (Å²) >= 11 is 0. The van der Waals surface area contributed by atoms with Crippen LogP contribution in [0.1, 0.15) is 71.9 Å². The van der Waals surface area contributed by atoms with Gasteiger partial charge in [-0.1, -0.05) is 12.1 Å². The largest absolute Gasteiger partial charge is 0.494 e. The van der Waals surface area contributed by atoms with Crippen molar-refractivity contribution in [3.8, 4) is 16.9 Å². The van der Waals surface area contributed by atoms with Gasteiger partial charge in [-0.25, -0.2) is 0 Å². The number of aromatic nitrogens is 2. The molecule has 0 unspecified atom stereocenters. The third-order valence-corrected chi connectivity index (χ3v) is 10.5. The average Bonchev–Trinajstić information content (AvgIpc) is 3.06. The summed E-state index contributed by atoms with van der Waals surface area (Å²) in [5, 5.41) is 11.7. The first-order valence-electron chi connectivity index (χ1n) is 16.7. The molecule has 4 saturated carbocycles. The van der Waals surface area contributed by atoms with Gasteiger partial charge in [0.2, 0.25) is 0 Å². The molecule has 3 aromatic rings. The predicted molar refractivity (Wildman–Crippen MR) is 171 cm³/mol. The van der Waals surface area contributed by atoms with Crippen molar-refractivity contribution >= 4 is 17.6 Å². The van der Waals surface area contributed by atoms with Gasteiger partial charge in [0.15, 0.2) is 11.5 Å². The fourth-order valence-electron chi connectivity index (χ4n) is 8.81. The summed E-state index contributed by atoms with van der Waals surface area (Å²) in [7, 11) is 0. The number of carbonyl (C=O) groups excluding carboxylic acids is 2. The van der Waals surface area contributed by atoms with Crippen molar-refractivity contribution in [2.45, 2.75) is 51.6 Å². The molecule has 5 fully saturated rings. The summed E-state index contributed by atoms with van der Waals surface area (Å²) in [6.07, 6.45) is 3.12. The number of nitrogens with zero attached hydrogens (tertiary/aromatic N) is 4. The zero-order valence-corrected chi connectivity index (χ0v) is 26.6. The number of nitrogens with one attached hydrogen (secondary N) is 1. The minimum atomic E-state index is -4.61. The fourth-order valence-corrected chi connectivity index (χ4v) is 8.81. The lowest BCUT2D eigenvalue weighted by Crippen LogP contribution is -2.51. The minimum absolute atomic E-state index is 0.0196. The van der Waals surface area contributed by atoms with Gasteiger partial charge in [-0.15, -0.1) is 10.2 Å². The predicted octanol–water partition coefficient (Wildman–Crippen LogP) is 6.47. The van der Waals surface area contributed by atoms with Crippen LogP contribution in [0.2, 0.25) is 0 Å². The molecule has 0 atom stereocenters. The molecule has 0 radical (unpaired) electrons. The van der Waals surface area contributed by atoms with Crippen LogP contribution in [0.3, 0.4) is 0 Å². The molecule has 1 saturated heterocycles. The Labute approximate surface area is 272 Å². The Balaban J connectivity index is 0.976. The van der Waals surface area contributed by atoms with Crippen molar-refractivity contribution < 1.29 is 27.5 Å². The highest BCUT2D eigenvalue weighted by Gasteiger charge is 2.50. The highest BCUT2D eigenvalue weighted by Crippen LogP contribution is 2.59. The molecule has 2 amide bonds. The van der Waals surface area contributed by atoms with Gasteiger partial charge >= 0.3 is 6.18 Å². The van der Waals surface area contributed by atoms with Crippen molar-refractivity contribution in [3.63, 3.8) is 0 Å². The first-order valence-corrected chi connectivity index (χ1v) is 16.7. The van der Waals surface area contributed by atoms with Crippen molar-refractivity contribution in [1.29, 1.82) is 0 Å².